The Morgan fingerprint density at radius 1 is 1.04 bits per heavy atom. The van der Waals surface area contributed by atoms with Crippen LogP contribution in [0.2, 0.25) is 0 Å². The van der Waals surface area contributed by atoms with Crippen molar-refractivity contribution >= 4 is 45.4 Å². The van der Waals surface area contributed by atoms with Gasteiger partial charge in [-0.1, -0.05) is 31.1 Å². The van der Waals surface area contributed by atoms with Crippen LogP contribution in [-0.4, -0.2) is 85.2 Å². The number of thiophene rings is 1. The van der Waals surface area contributed by atoms with Crippen molar-refractivity contribution in [2.24, 2.45) is 5.92 Å². The molecule has 3 amide bonds. The van der Waals surface area contributed by atoms with E-state index in [4.69, 9.17) is 14.5 Å². The van der Waals surface area contributed by atoms with Crippen molar-refractivity contribution in [3.63, 3.8) is 0 Å². The van der Waals surface area contributed by atoms with Crippen molar-refractivity contribution in [3.05, 3.63) is 48.0 Å². The highest BCUT2D eigenvalue weighted by Gasteiger charge is 2.61. The molecule has 2 saturated carbocycles. The fraction of sp³-hybridized carbons (Fsp3) is 0.514. The van der Waals surface area contributed by atoms with Crippen LogP contribution in [0, 0.1) is 5.92 Å². The molecular weight excluding hydrogens is 648 g/mol. The van der Waals surface area contributed by atoms with E-state index in [2.05, 4.69) is 20.6 Å². The summed E-state index contributed by atoms with van der Waals surface area (Å²) in [6.07, 6.45) is 11.4. The van der Waals surface area contributed by atoms with Crippen molar-refractivity contribution < 1.29 is 33.8 Å². The highest BCUT2D eigenvalue weighted by molar-refractivity contribution is 7.17. The summed E-state index contributed by atoms with van der Waals surface area (Å²) in [6, 6.07) is 5.35. The molecule has 3 aromatic rings. The molecule has 0 radical (unpaired) electrons. The van der Waals surface area contributed by atoms with Crippen LogP contribution >= 0.6 is 11.3 Å². The molecule has 49 heavy (non-hydrogen) atoms. The minimum atomic E-state index is -1.43. The number of allylic oxidation sites excluding steroid dienone is 1. The number of aliphatic carboxylic acids is 1. The Bertz CT molecular complexity index is 1740. The lowest BCUT2D eigenvalue weighted by atomic mass is 10.0. The third kappa shape index (κ3) is 7.10. The first-order valence-corrected chi connectivity index (χ1v) is 18.0. The summed E-state index contributed by atoms with van der Waals surface area (Å²) in [6.45, 7) is 0.0337. The Labute approximate surface area is 287 Å². The number of carboxylic acids is 1. The van der Waals surface area contributed by atoms with E-state index in [1.54, 1.807) is 18.3 Å². The van der Waals surface area contributed by atoms with Crippen molar-refractivity contribution in [2.45, 2.75) is 100 Å². The topological polar surface area (TPSA) is 173 Å². The molecule has 3 aromatic heterocycles. The third-order valence-electron chi connectivity index (χ3n) is 9.93. The maximum absolute atomic E-state index is 14.4. The maximum Gasteiger partial charge on any atom is 0.408 e. The van der Waals surface area contributed by atoms with Crippen LogP contribution in [0.15, 0.2) is 48.0 Å². The first-order chi connectivity index (χ1) is 23.8. The van der Waals surface area contributed by atoms with Gasteiger partial charge in [-0.3, -0.25) is 14.6 Å². The lowest BCUT2D eigenvalue weighted by molar-refractivity contribution is -0.145. The van der Waals surface area contributed by atoms with Gasteiger partial charge >= 0.3 is 12.1 Å². The number of carbonyl (C=O) groups is 4. The number of hydrogen-bond acceptors (Lipinski definition) is 10. The second-order valence-electron chi connectivity index (χ2n) is 13.3. The van der Waals surface area contributed by atoms with E-state index >= 15 is 0 Å². The van der Waals surface area contributed by atoms with E-state index in [9.17, 15) is 24.3 Å². The summed E-state index contributed by atoms with van der Waals surface area (Å²) >= 11 is 1.42. The molecule has 0 bridgehead atoms. The number of rotatable bonds is 6. The monoisotopic (exact) mass is 688 g/mol. The normalized spacial score (nSPS) is 28.4. The average Bonchev–Trinajstić information content (AvgIpc) is 3.54. The lowest BCUT2D eigenvalue weighted by Crippen LogP contribution is -2.56. The van der Waals surface area contributed by atoms with Crippen molar-refractivity contribution in [1.82, 2.24) is 30.5 Å². The number of fused-ring (bicyclic) bond motifs is 3. The molecule has 7 rings (SSSR count). The number of ether oxygens (including phenoxy) is 2. The minimum Gasteiger partial charge on any atom is -0.479 e. The predicted molar refractivity (Wildman–Crippen MR) is 180 cm³/mol. The predicted octanol–water partition coefficient (Wildman–Crippen LogP) is 4.62. The Kier molecular flexibility index (Phi) is 9.48. The molecule has 1 saturated heterocycles. The van der Waals surface area contributed by atoms with Crippen LogP contribution < -0.4 is 15.4 Å². The number of carboxylic acid groups (broad SMARTS) is 1. The van der Waals surface area contributed by atoms with Gasteiger partial charge in [0.1, 0.15) is 40.2 Å². The molecule has 14 heteroatoms. The van der Waals surface area contributed by atoms with Crippen molar-refractivity contribution in [3.8, 4) is 17.4 Å². The number of pyridine rings is 1. The average molecular weight is 689 g/mol. The van der Waals surface area contributed by atoms with Gasteiger partial charge < -0.3 is 30.1 Å². The summed E-state index contributed by atoms with van der Waals surface area (Å²) in [5.41, 5.74) is -0.185. The standard InChI is InChI=1S/C35H40N6O7S/c42-30-27-18-23(47-31-28-24(15-17-49-28)37-29(39-31)25-13-8-9-16-36-25)20-41(27)32(43)26(38-34(46)48-22-11-6-7-12-22)14-5-3-1-2-4-10-21-19-35(21,40-30)33(44)45/h4,8-10,13,15-17,21-23,26-27H,1-3,5-7,11-12,14,18-20H2,(H,38,46)(H,40,42)(H,44,45)/b10-4-/t21-,23-,26+,27+,35-/m1/s1. The highest BCUT2D eigenvalue weighted by Crippen LogP contribution is 2.45. The number of aromatic nitrogens is 3. The summed E-state index contributed by atoms with van der Waals surface area (Å²) < 4.78 is 12.8. The Morgan fingerprint density at radius 3 is 2.67 bits per heavy atom. The lowest BCUT2D eigenvalue weighted by Gasteiger charge is -2.29. The Hall–Kier alpha value is -4.59. The largest absolute Gasteiger partial charge is 0.479 e. The number of nitrogens with zero attached hydrogens (tertiary/aromatic N) is 4. The first-order valence-electron chi connectivity index (χ1n) is 17.1. The van der Waals surface area contributed by atoms with Crippen LogP contribution in [-0.2, 0) is 19.1 Å². The van der Waals surface area contributed by atoms with Gasteiger partial charge in [-0.25, -0.2) is 14.6 Å². The maximum atomic E-state index is 14.4. The molecule has 5 heterocycles. The van der Waals surface area contributed by atoms with Crippen LogP contribution in [0.4, 0.5) is 4.79 Å². The van der Waals surface area contributed by atoms with E-state index in [-0.39, 0.29) is 31.4 Å². The number of nitrogens with one attached hydrogen (secondary N) is 2. The third-order valence-corrected chi connectivity index (χ3v) is 10.8. The zero-order chi connectivity index (χ0) is 34.0. The fourth-order valence-corrected chi connectivity index (χ4v) is 7.93. The van der Waals surface area contributed by atoms with Gasteiger partial charge in [0.05, 0.1) is 12.1 Å². The molecule has 258 valence electrons. The number of carbonyl (C=O) groups excluding carboxylic acids is 3. The molecule has 13 nitrogen and oxygen atoms in total. The van der Waals surface area contributed by atoms with E-state index in [1.165, 1.54) is 16.2 Å². The smallest absolute Gasteiger partial charge is 0.408 e. The summed E-state index contributed by atoms with van der Waals surface area (Å²) in [7, 11) is 0. The molecule has 3 fully saturated rings. The van der Waals surface area contributed by atoms with E-state index in [0.717, 1.165) is 44.9 Å². The van der Waals surface area contributed by atoms with Gasteiger partial charge in [0, 0.05) is 18.5 Å². The fourth-order valence-electron chi connectivity index (χ4n) is 7.16. The molecule has 3 N–H and O–H groups in total. The number of alkyl carbamates (subject to hydrolysis) is 1. The summed E-state index contributed by atoms with van der Waals surface area (Å²) in [4.78, 5) is 69.0. The van der Waals surface area contributed by atoms with Crippen molar-refractivity contribution in [2.75, 3.05) is 6.54 Å². The van der Waals surface area contributed by atoms with Crippen LogP contribution in [0.25, 0.3) is 21.7 Å². The Morgan fingerprint density at radius 2 is 1.88 bits per heavy atom. The highest BCUT2D eigenvalue weighted by atomic mass is 32.1. The quantitative estimate of drug-likeness (QED) is 0.310. The first kappa shape index (κ1) is 32.9. The molecule has 2 aliphatic carbocycles. The zero-order valence-electron chi connectivity index (χ0n) is 27.1. The van der Waals surface area contributed by atoms with E-state index in [0.29, 0.717) is 40.5 Å². The molecule has 5 atom stereocenters. The van der Waals surface area contributed by atoms with Gasteiger partial charge in [0.15, 0.2) is 5.82 Å². The summed E-state index contributed by atoms with van der Waals surface area (Å²) in [5.74, 6) is -1.76. The zero-order valence-corrected chi connectivity index (χ0v) is 27.9. The minimum absolute atomic E-state index is 0.0337. The molecule has 0 unspecified atom stereocenters. The summed E-state index contributed by atoms with van der Waals surface area (Å²) in [5, 5.41) is 17.7. The molecule has 0 aromatic carbocycles. The van der Waals surface area contributed by atoms with Gasteiger partial charge in [0.25, 0.3) is 0 Å². The SMILES string of the molecule is O=C(N[C@H]1CCCCC/C=C\[C@@H]2C[C@@]2(C(=O)O)NC(=O)[C@@H]2C[C@@H](Oc3nc(-c4ccccn4)nc4ccsc34)CN2C1=O)OC1CCCC1. The van der Waals surface area contributed by atoms with Crippen LogP contribution in [0.3, 0.4) is 0 Å². The van der Waals surface area contributed by atoms with Crippen LogP contribution in [0.1, 0.15) is 70.6 Å². The number of hydrogen-bond donors (Lipinski definition) is 3. The van der Waals surface area contributed by atoms with Crippen molar-refractivity contribution in [1.29, 1.82) is 0 Å². The van der Waals surface area contributed by atoms with Gasteiger partial charge in [-0.2, -0.15) is 4.98 Å². The van der Waals surface area contributed by atoms with Gasteiger partial charge in [-0.15, -0.1) is 11.3 Å². The van der Waals surface area contributed by atoms with Crippen LogP contribution in [0.5, 0.6) is 5.88 Å². The molecular formula is C35H40N6O7S. The Balaban J connectivity index is 1.18. The molecule has 2 aliphatic heterocycles. The second-order valence-corrected chi connectivity index (χ2v) is 14.3. The number of amides is 3. The second kappa shape index (κ2) is 14.1. The van der Waals surface area contributed by atoms with Gasteiger partial charge in [-0.05, 0) is 74.9 Å². The molecule has 0 spiro atoms. The van der Waals surface area contributed by atoms with E-state index in [1.807, 2.05) is 29.7 Å². The van der Waals surface area contributed by atoms with E-state index < -0.39 is 47.6 Å². The van der Waals surface area contributed by atoms with Gasteiger partial charge in [0.2, 0.25) is 17.7 Å². The molecule has 4 aliphatic rings.